The molecule has 4 rings (SSSR count). The second-order valence-electron chi connectivity index (χ2n) is 6.47. The Morgan fingerprint density at radius 3 is 2.86 bits per heavy atom. The van der Waals surface area contributed by atoms with Crippen molar-refractivity contribution in [3.8, 4) is 0 Å². The molecule has 9 heteroatoms. The number of carbonyl (C=O) groups is 2. The first-order valence-electron chi connectivity index (χ1n) is 8.95. The van der Waals surface area contributed by atoms with E-state index in [2.05, 4.69) is 10.4 Å². The number of cyclic esters (lactones) is 1. The van der Waals surface area contributed by atoms with E-state index in [-0.39, 0.29) is 24.1 Å². The van der Waals surface area contributed by atoms with Crippen molar-refractivity contribution >= 4 is 23.3 Å². The van der Waals surface area contributed by atoms with Gasteiger partial charge < -0.3 is 15.0 Å². The number of pyridine rings is 1. The summed E-state index contributed by atoms with van der Waals surface area (Å²) < 4.78 is 7.70. The molecule has 0 bridgehead atoms. The van der Waals surface area contributed by atoms with E-state index in [1.54, 1.807) is 30.5 Å². The van der Waals surface area contributed by atoms with E-state index >= 15 is 0 Å². The van der Waals surface area contributed by atoms with Gasteiger partial charge in [-0.2, -0.15) is 0 Å². The smallest absolute Gasteiger partial charge is 0.409 e. The van der Waals surface area contributed by atoms with Crippen molar-refractivity contribution in [2.45, 2.75) is 13.0 Å². The fourth-order valence-electron chi connectivity index (χ4n) is 3.08. The van der Waals surface area contributed by atoms with Gasteiger partial charge in [0.2, 0.25) is 5.91 Å². The summed E-state index contributed by atoms with van der Waals surface area (Å²) in [6.07, 6.45) is 1.48. The third kappa shape index (κ3) is 3.73. The van der Waals surface area contributed by atoms with Crippen LogP contribution in [0.1, 0.15) is 12.0 Å². The van der Waals surface area contributed by atoms with Gasteiger partial charge in [0.15, 0.2) is 5.65 Å². The van der Waals surface area contributed by atoms with Crippen LogP contribution in [0.2, 0.25) is 0 Å². The highest BCUT2D eigenvalue weighted by Gasteiger charge is 2.22. The quantitative estimate of drug-likeness (QED) is 0.695. The lowest BCUT2D eigenvalue weighted by Crippen LogP contribution is -2.28. The molecule has 28 heavy (non-hydrogen) atoms. The van der Waals surface area contributed by atoms with Crippen LogP contribution in [0.25, 0.3) is 5.65 Å². The standard InChI is InChI=1S/C19H19N5O4/c25-17(7-9-22-10-11-28-19(22)27)20-15-5-3-4-14(12-15)13-24-18(26)23-8-2-1-6-16(23)21-24/h1-6,8,12H,7,9-11,13H2,(H,20,25). The van der Waals surface area contributed by atoms with Gasteiger partial charge in [0, 0.05) is 24.8 Å². The molecule has 9 nitrogen and oxygen atoms in total. The molecule has 2 amide bonds. The maximum absolute atomic E-state index is 12.4. The van der Waals surface area contributed by atoms with E-state index in [1.807, 2.05) is 18.2 Å². The Balaban J connectivity index is 1.41. The molecule has 0 spiro atoms. The number of nitrogens with zero attached hydrogens (tertiary/aromatic N) is 4. The van der Waals surface area contributed by atoms with E-state index in [0.717, 1.165) is 5.56 Å². The number of aromatic nitrogens is 3. The minimum Gasteiger partial charge on any atom is -0.448 e. The van der Waals surface area contributed by atoms with Crippen LogP contribution in [0.3, 0.4) is 0 Å². The molecule has 3 heterocycles. The molecule has 1 N–H and O–H groups in total. The number of hydrogen-bond donors (Lipinski definition) is 1. The Kier molecular flexibility index (Phi) is 4.79. The summed E-state index contributed by atoms with van der Waals surface area (Å²) in [5.74, 6) is -0.193. The van der Waals surface area contributed by atoms with Gasteiger partial charge in [-0.3, -0.25) is 9.20 Å². The highest BCUT2D eigenvalue weighted by atomic mass is 16.6. The molecule has 1 fully saturated rings. The molecule has 0 aliphatic carbocycles. The lowest BCUT2D eigenvalue weighted by molar-refractivity contribution is -0.116. The number of anilines is 1. The summed E-state index contributed by atoms with van der Waals surface area (Å²) in [4.78, 5) is 37.4. The van der Waals surface area contributed by atoms with Crippen LogP contribution in [0.15, 0.2) is 53.5 Å². The van der Waals surface area contributed by atoms with Crippen molar-refractivity contribution in [1.29, 1.82) is 0 Å². The van der Waals surface area contributed by atoms with Gasteiger partial charge in [-0.05, 0) is 29.8 Å². The summed E-state index contributed by atoms with van der Waals surface area (Å²) in [5.41, 5.74) is 1.83. The van der Waals surface area contributed by atoms with E-state index in [0.29, 0.717) is 37.6 Å². The number of carbonyl (C=O) groups excluding carboxylic acids is 2. The molecule has 0 unspecified atom stereocenters. The minimum atomic E-state index is -0.382. The molecule has 0 atom stereocenters. The van der Waals surface area contributed by atoms with Crippen LogP contribution < -0.4 is 11.0 Å². The zero-order chi connectivity index (χ0) is 19.5. The van der Waals surface area contributed by atoms with Gasteiger partial charge in [0.25, 0.3) is 0 Å². The van der Waals surface area contributed by atoms with Crippen molar-refractivity contribution in [2.24, 2.45) is 0 Å². The molecule has 1 aliphatic rings. The van der Waals surface area contributed by atoms with Crippen LogP contribution in [-0.4, -0.2) is 50.8 Å². The zero-order valence-corrected chi connectivity index (χ0v) is 15.1. The molecule has 1 aromatic carbocycles. The Morgan fingerprint density at radius 2 is 2.07 bits per heavy atom. The highest BCUT2D eigenvalue weighted by Crippen LogP contribution is 2.12. The first kappa shape index (κ1) is 17.8. The summed E-state index contributed by atoms with van der Waals surface area (Å²) in [6.45, 7) is 1.49. The van der Waals surface area contributed by atoms with Crippen molar-refractivity contribution in [3.63, 3.8) is 0 Å². The number of nitrogens with one attached hydrogen (secondary N) is 1. The molecule has 0 saturated carbocycles. The molecule has 1 saturated heterocycles. The third-order valence-corrected chi connectivity index (χ3v) is 4.49. The predicted octanol–water partition coefficient (Wildman–Crippen LogP) is 1.33. The lowest BCUT2D eigenvalue weighted by atomic mass is 10.2. The van der Waals surface area contributed by atoms with Gasteiger partial charge in [-0.15, -0.1) is 5.10 Å². The largest absolute Gasteiger partial charge is 0.448 e. The number of ether oxygens (including phenoxy) is 1. The van der Waals surface area contributed by atoms with Gasteiger partial charge >= 0.3 is 11.8 Å². The van der Waals surface area contributed by atoms with E-state index in [4.69, 9.17) is 4.74 Å². The first-order chi connectivity index (χ1) is 13.6. The van der Waals surface area contributed by atoms with Gasteiger partial charge in [-0.1, -0.05) is 18.2 Å². The topological polar surface area (TPSA) is 97.9 Å². The number of hydrogen-bond acceptors (Lipinski definition) is 5. The van der Waals surface area contributed by atoms with E-state index in [1.165, 1.54) is 14.0 Å². The van der Waals surface area contributed by atoms with E-state index < -0.39 is 0 Å². The summed E-state index contributed by atoms with van der Waals surface area (Å²) in [7, 11) is 0. The second-order valence-corrected chi connectivity index (χ2v) is 6.47. The molecular formula is C19H19N5O4. The lowest BCUT2D eigenvalue weighted by Gasteiger charge is -2.12. The highest BCUT2D eigenvalue weighted by molar-refractivity contribution is 5.91. The van der Waals surface area contributed by atoms with Crippen LogP contribution in [0.5, 0.6) is 0 Å². The fourth-order valence-corrected chi connectivity index (χ4v) is 3.08. The Hall–Kier alpha value is -3.62. The number of benzene rings is 1. The molecule has 1 aliphatic heterocycles. The summed E-state index contributed by atoms with van der Waals surface area (Å²) in [6, 6.07) is 12.6. The Labute approximate surface area is 160 Å². The van der Waals surface area contributed by atoms with Crippen molar-refractivity contribution < 1.29 is 14.3 Å². The van der Waals surface area contributed by atoms with Crippen LogP contribution in [0.4, 0.5) is 10.5 Å². The van der Waals surface area contributed by atoms with Crippen LogP contribution >= 0.6 is 0 Å². The van der Waals surface area contributed by atoms with Gasteiger partial charge in [0.1, 0.15) is 6.61 Å². The minimum absolute atomic E-state index is 0.186. The van der Waals surface area contributed by atoms with Crippen LogP contribution in [-0.2, 0) is 16.1 Å². The summed E-state index contributed by atoms with van der Waals surface area (Å²) >= 11 is 0. The molecular weight excluding hydrogens is 362 g/mol. The molecule has 0 radical (unpaired) electrons. The number of fused-ring (bicyclic) bond motifs is 1. The average molecular weight is 381 g/mol. The Bertz CT molecular complexity index is 1090. The predicted molar refractivity (Wildman–Crippen MR) is 101 cm³/mol. The molecule has 2 aromatic heterocycles. The number of rotatable bonds is 6. The van der Waals surface area contributed by atoms with Crippen molar-refractivity contribution in [3.05, 3.63) is 64.7 Å². The molecule has 144 valence electrons. The SMILES string of the molecule is O=C(CCN1CCOC1=O)Nc1cccc(Cn2nc3ccccn3c2=O)c1. The summed E-state index contributed by atoms with van der Waals surface area (Å²) in [5, 5.41) is 7.13. The maximum atomic E-state index is 12.4. The van der Waals surface area contributed by atoms with Gasteiger partial charge in [0.05, 0.1) is 13.1 Å². The molecule has 3 aromatic rings. The maximum Gasteiger partial charge on any atom is 0.409 e. The first-order valence-corrected chi connectivity index (χ1v) is 8.95. The third-order valence-electron chi connectivity index (χ3n) is 4.49. The van der Waals surface area contributed by atoms with E-state index in [9.17, 15) is 14.4 Å². The van der Waals surface area contributed by atoms with Crippen LogP contribution in [0, 0.1) is 0 Å². The second kappa shape index (κ2) is 7.55. The van der Waals surface area contributed by atoms with Gasteiger partial charge in [-0.25, -0.2) is 14.3 Å². The number of amides is 2. The average Bonchev–Trinajstić information content (AvgIpc) is 3.24. The van der Waals surface area contributed by atoms with Crippen molar-refractivity contribution in [2.75, 3.05) is 25.0 Å². The van der Waals surface area contributed by atoms with Crippen molar-refractivity contribution in [1.82, 2.24) is 19.1 Å². The Morgan fingerprint density at radius 1 is 1.18 bits per heavy atom. The fraction of sp³-hybridized carbons (Fsp3) is 0.263. The zero-order valence-electron chi connectivity index (χ0n) is 15.1. The normalized spacial score (nSPS) is 13.7. The monoisotopic (exact) mass is 381 g/mol.